The van der Waals surface area contributed by atoms with Crippen molar-refractivity contribution in [3.05, 3.63) is 32.7 Å². The van der Waals surface area contributed by atoms with Crippen molar-refractivity contribution >= 4 is 37.8 Å². The molecule has 2 aromatic heterocycles. The topological polar surface area (TPSA) is 65.2 Å². The van der Waals surface area contributed by atoms with Crippen molar-refractivity contribution in [3.63, 3.8) is 0 Å². The Labute approximate surface area is 120 Å². The molecule has 0 fully saturated rings. The third-order valence-electron chi connectivity index (χ3n) is 2.34. The maximum absolute atomic E-state index is 11.7. The van der Waals surface area contributed by atoms with Gasteiger partial charge in [-0.3, -0.25) is 4.98 Å². The average Bonchev–Trinajstić information content (AvgIpc) is 2.70. The van der Waals surface area contributed by atoms with Crippen LogP contribution in [-0.2, 0) is 4.74 Å². The van der Waals surface area contributed by atoms with Gasteiger partial charge in [-0.15, -0.1) is 0 Å². The van der Waals surface area contributed by atoms with Crippen molar-refractivity contribution in [2.24, 2.45) is 0 Å². The molecule has 0 unspecified atom stereocenters. The number of hydrogen-bond acceptors (Lipinski definition) is 5. The van der Waals surface area contributed by atoms with Crippen molar-refractivity contribution < 1.29 is 14.1 Å². The van der Waals surface area contributed by atoms with Gasteiger partial charge < -0.3 is 9.26 Å². The second kappa shape index (κ2) is 5.19. The first-order valence-corrected chi connectivity index (χ1v) is 6.48. The number of carbonyl (C=O) groups excluding carboxylic acids is 1. The first-order valence-electron chi connectivity index (χ1n) is 4.90. The van der Waals surface area contributed by atoms with Crippen LogP contribution >= 0.6 is 31.9 Å². The Bertz CT molecular complexity index is 590. The van der Waals surface area contributed by atoms with Crippen molar-refractivity contribution in [1.29, 1.82) is 0 Å². The van der Waals surface area contributed by atoms with E-state index in [0.717, 1.165) is 0 Å². The van der Waals surface area contributed by atoms with Crippen LogP contribution in [0.15, 0.2) is 25.9 Å². The second-order valence-corrected chi connectivity index (χ2v) is 5.14. The molecule has 0 saturated carbocycles. The maximum Gasteiger partial charge on any atom is 0.343 e. The van der Waals surface area contributed by atoms with Crippen LogP contribution in [0, 0.1) is 6.92 Å². The summed E-state index contributed by atoms with van der Waals surface area (Å²) in [5.41, 5.74) is 1.42. The summed E-state index contributed by atoms with van der Waals surface area (Å²) in [4.78, 5) is 15.7. The summed E-state index contributed by atoms with van der Waals surface area (Å²) in [5.74, 6) is -0.0770. The van der Waals surface area contributed by atoms with E-state index in [1.54, 1.807) is 19.3 Å². The quantitative estimate of drug-likeness (QED) is 0.753. The van der Waals surface area contributed by atoms with Gasteiger partial charge >= 0.3 is 5.97 Å². The summed E-state index contributed by atoms with van der Waals surface area (Å²) in [6.07, 6.45) is 3.23. The lowest BCUT2D eigenvalue weighted by Crippen LogP contribution is -2.04. The highest BCUT2D eigenvalue weighted by Gasteiger charge is 2.25. The first-order chi connectivity index (χ1) is 8.56. The van der Waals surface area contributed by atoms with Crippen molar-refractivity contribution in [3.8, 4) is 11.3 Å². The van der Waals surface area contributed by atoms with Gasteiger partial charge in [-0.05, 0) is 38.8 Å². The van der Waals surface area contributed by atoms with E-state index in [2.05, 4.69) is 42.0 Å². The maximum atomic E-state index is 11.7. The number of aromatic nitrogens is 2. The molecule has 7 heteroatoms. The van der Waals surface area contributed by atoms with Crippen LogP contribution < -0.4 is 0 Å². The number of methoxy groups -OCH3 is 1. The van der Waals surface area contributed by atoms with Gasteiger partial charge in [0.05, 0.1) is 7.11 Å². The number of esters is 1. The second-order valence-electron chi connectivity index (χ2n) is 3.43. The van der Waals surface area contributed by atoms with E-state index in [-0.39, 0.29) is 0 Å². The molecule has 0 N–H and O–H groups in total. The Hall–Kier alpha value is -1.21. The molecule has 0 spiro atoms. The third-order valence-corrected chi connectivity index (χ3v) is 3.54. The molecule has 0 amide bonds. The molecule has 0 aliphatic rings. The Balaban J connectivity index is 2.69. The van der Waals surface area contributed by atoms with Crippen molar-refractivity contribution in [1.82, 2.24) is 10.1 Å². The zero-order chi connectivity index (χ0) is 13.3. The highest BCUT2D eigenvalue weighted by atomic mass is 79.9. The van der Waals surface area contributed by atoms with E-state index in [1.165, 1.54) is 7.11 Å². The van der Waals surface area contributed by atoms with E-state index in [1.807, 2.05) is 0 Å². The summed E-state index contributed by atoms with van der Waals surface area (Å²) in [5, 5.41) is 3.91. The Kier molecular flexibility index (Phi) is 3.82. The number of hydrogen-bond donors (Lipinski definition) is 0. The van der Waals surface area contributed by atoms with Crippen LogP contribution in [0.2, 0.25) is 0 Å². The van der Waals surface area contributed by atoms with E-state index in [9.17, 15) is 4.79 Å². The number of aryl methyl sites for hydroxylation is 1. The molecule has 18 heavy (non-hydrogen) atoms. The fraction of sp³-hybridized carbons (Fsp3) is 0.182. The number of pyridine rings is 1. The first kappa shape index (κ1) is 13.2. The van der Waals surface area contributed by atoms with Crippen LogP contribution in [0.25, 0.3) is 11.3 Å². The molecular formula is C11H8Br2N2O3. The minimum Gasteiger partial charge on any atom is -0.465 e. The van der Waals surface area contributed by atoms with Crippen LogP contribution in [0.4, 0.5) is 0 Å². The number of rotatable bonds is 2. The molecule has 2 aromatic rings. The standard InChI is InChI=1S/C11H8Br2N2O3/c1-5-8(11(16)17-2)10(15-18-5)9-6(12)3-14-4-7(9)13/h3-4H,1-2H3. The van der Waals surface area contributed by atoms with E-state index < -0.39 is 5.97 Å². The van der Waals surface area contributed by atoms with Gasteiger partial charge in [0.2, 0.25) is 0 Å². The summed E-state index contributed by atoms with van der Waals surface area (Å²) in [6, 6.07) is 0. The fourth-order valence-electron chi connectivity index (χ4n) is 1.52. The predicted octanol–water partition coefficient (Wildman–Crippen LogP) is 3.36. The van der Waals surface area contributed by atoms with Crippen molar-refractivity contribution in [2.75, 3.05) is 7.11 Å². The van der Waals surface area contributed by atoms with Gasteiger partial charge in [0, 0.05) is 26.9 Å². The van der Waals surface area contributed by atoms with Gasteiger partial charge in [0.25, 0.3) is 0 Å². The molecule has 0 radical (unpaired) electrons. The van der Waals surface area contributed by atoms with Gasteiger partial charge in [0.1, 0.15) is 17.0 Å². The predicted molar refractivity (Wildman–Crippen MR) is 71.2 cm³/mol. The summed E-state index contributed by atoms with van der Waals surface area (Å²) < 4.78 is 11.2. The molecule has 0 aromatic carbocycles. The SMILES string of the molecule is COC(=O)c1c(-c2c(Br)cncc2Br)noc1C. The lowest BCUT2D eigenvalue weighted by atomic mass is 10.1. The monoisotopic (exact) mass is 374 g/mol. The molecule has 5 nitrogen and oxygen atoms in total. The molecule has 0 aliphatic carbocycles. The Morgan fingerprint density at radius 2 is 1.94 bits per heavy atom. The van der Waals surface area contributed by atoms with E-state index in [0.29, 0.717) is 31.5 Å². The minimum atomic E-state index is -0.487. The number of halogens is 2. The largest absolute Gasteiger partial charge is 0.465 e. The zero-order valence-electron chi connectivity index (χ0n) is 9.53. The molecule has 2 heterocycles. The molecule has 0 aliphatic heterocycles. The van der Waals surface area contributed by atoms with Gasteiger partial charge in [0.15, 0.2) is 0 Å². The molecule has 0 bridgehead atoms. The fourth-order valence-corrected chi connectivity index (χ4v) is 2.83. The summed E-state index contributed by atoms with van der Waals surface area (Å²) in [7, 11) is 1.31. The smallest absolute Gasteiger partial charge is 0.343 e. The Morgan fingerprint density at radius 3 is 2.50 bits per heavy atom. The van der Waals surface area contributed by atoms with Gasteiger partial charge in [-0.25, -0.2) is 4.79 Å². The average molecular weight is 376 g/mol. The summed E-state index contributed by atoms with van der Waals surface area (Å²) >= 11 is 6.74. The summed E-state index contributed by atoms with van der Waals surface area (Å²) in [6.45, 7) is 1.66. The normalized spacial score (nSPS) is 10.4. The minimum absolute atomic E-state index is 0.310. The number of nitrogens with zero attached hydrogens (tertiary/aromatic N) is 2. The lowest BCUT2D eigenvalue weighted by molar-refractivity contribution is 0.0599. The number of carbonyl (C=O) groups is 1. The van der Waals surface area contributed by atoms with Gasteiger partial charge in [-0.2, -0.15) is 0 Å². The van der Waals surface area contributed by atoms with Crippen LogP contribution in [0.3, 0.4) is 0 Å². The van der Waals surface area contributed by atoms with E-state index in [4.69, 9.17) is 9.26 Å². The highest BCUT2D eigenvalue weighted by Crippen LogP contribution is 2.36. The molecule has 0 atom stereocenters. The van der Waals surface area contributed by atoms with Crippen LogP contribution in [-0.4, -0.2) is 23.2 Å². The molecule has 94 valence electrons. The highest BCUT2D eigenvalue weighted by molar-refractivity contribution is 9.11. The van der Waals surface area contributed by atoms with Gasteiger partial charge in [-0.1, -0.05) is 5.16 Å². The number of ether oxygens (including phenoxy) is 1. The van der Waals surface area contributed by atoms with Crippen molar-refractivity contribution in [2.45, 2.75) is 6.92 Å². The molecular weight excluding hydrogens is 368 g/mol. The zero-order valence-corrected chi connectivity index (χ0v) is 12.7. The van der Waals surface area contributed by atoms with E-state index >= 15 is 0 Å². The molecule has 0 saturated heterocycles. The van der Waals surface area contributed by atoms with Crippen LogP contribution in [0.1, 0.15) is 16.1 Å². The lowest BCUT2D eigenvalue weighted by Gasteiger charge is -2.05. The molecule has 2 rings (SSSR count). The third kappa shape index (κ3) is 2.20. The van der Waals surface area contributed by atoms with Crippen LogP contribution in [0.5, 0.6) is 0 Å². The Morgan fingerprint density at radius 1 is 1.33 bits per heavy atom.